The highest BCUT2D eigenvalue weighted by molar-refractivity contribution is 5.96. The lowest BCUT2D eigenvalue weighted by Gasteiger charge is -2.22. The van der Waals surface area contributed by atoms with Crippen molar-refractivity contribution in [3.05, 3.63) is 29.3 Å². The molecule has 1 saturated heterocycles. The number of hydrogen-bond acceptors (Lipinski definition) is 2. The van der Waals surface area contributed by atoms with Crippen LogP contribution in [0.5, 0.6) is 0 Å². The molecule has 0 saturated carbocycles. The summed E-state index contributed by atoms with van der Waals surface area (Å²) in [5.41, 5.74) is 3.10. The van der Waals surface area contributed by atoms with Crippen LogP contribution in [0.2, 0.25) is 0 Å². The van der Waals surface area contributed by atoms with Crippen LogP contribution < -0.4 is 10.6 Å². The fourth-order valence-electron chi connectivity index (χ4n) is 2.43. The number of carbonyl (C=O) groups excluding carboxylic acids is 2. The molecule has 4 nitrogen and oxygen atoms in total. The van der Waals surface area contributed by atoms with Crippen molar-refractivity contribution in [3.8, 4) is 0 Å². The average Bonchev–Trinajstić information content (AvgIpc) is 2.41. The second kappa shape index (κ2) is 5.87. The Kier molecular flexibility index (Phi) is 4.20. The smallest absolute Gasteiger partial charge is 0.228 e. The number of para-hydroxylation sites is 1. The molecule has 0 aromatic heterocycles. The molecule has 2 amide bonds. The molecule has 1 atom stereocenters. The lowest BCUT2D eigenvalue weighted by molar-refractivity contribution is -0.129. The molecule has 4 heteroatoms. The Bertz CT molecular complexity index is 497. The van der Waals surface area contributed by atoms with Gasteiger partial charge in [0.2, 0.25) is 11.8 Å². The van der Waals surface area contributed by atoms with Gasteiger partial charge in [-0.25, -0.2) is 0 Å². The Labute approximate surface area is 113 Å². The van der Waals surface area contributed by atoms with E-state index in [-0.39, 0.29) is 17.7 Å². The zero-order valence-corrected chi connectivity index (χ0v) is 11.5. The summed E-state index contributed by atoms with van der Waals surface area (Å²) in [7, 11) is 0. The summed E-state index contributed by atoms with van der Waals surface area (Å²) in [4.78, 5) is 23.6. The molecule has 1 aromatic rings. The van der Waals surface area contributed by atoms with E-state index in [1.54, 1.807) is 0 Å². The first-order valence-electron chi connectivity index (χ1n) is 6.78. The number of nitrogens with one attached hydrogen (secondary N) is 2. The van der Waals surface area contributed by atoms with Gasteiger partial charge < -0.3 is 10.6 Å². The fourth-order valence-corrected chi connectivity index (χ4v) is 2.43. The van der Waals surface area contributed by atoms with Gasteiger partial charge in [0.25, 0.3) is 0 Å². The van der Waals surface area contributed by atoms with E-state index < -0.39 is 0 Å². The molecule has 1 aliphatic heterocycles. The van der Waals surface area contributed by atoms with Gasteiger partial charge in [-0.2, -0.15) is 0 Å². The number of benzene rings is 1. The molecule has 2 rings (SSSR count). The van der Waals surface area contributed by atoms with Gasteiger partial charge in [-0.15, -0.1) is 0 Å². The molecule has 0 aliphatic carbocycles. The second-order valence-corrected chi connectivity index (χ2v) is 4.99. The van der Waals surface area contributed by atoms with E-state index in [2.05, 4.69) is 17.6 Å². The molecule has 1 aliphatic rings. The van der Waals surface area contributed by atoms with E-state index >= 15 is 0 Å². The fraction of sp³-hybridized carbons (Fsp3) is 0.467. The van der Waals surface area contributed by atoms with Crippen molar-refractivity contribution in [1.29, 1.82) is 0 Å². The quantitative estimate of drug-likeness (QED) is 0.873. The Morgan fingerprint density at radius 2 is 2.26 bits per heavy atom. The zero-order valence-electron chi connectivity index (χ0n) is 11.5. The van der Waals surface area contributed by atoms with Crippen molar-refractivity contribution in [2.75, 3.05) is 11.9 Å². The maximum atomic E-state index is 12.2. The first kappa shape index (κ1) is 13.6. The lowest BCUT2D eigenvalue weighted by Crippen LogP contribution is -2.38. The topological polar surface area (TPSA) is 58.2 Å². The molecule has 2 N–H and O–H groups in total. The predicted octanol–water partition coefficient (Wildman–Crippen LogP) is 2.02. The van der Waals surface area contributed by atoms with Crippen LogP contribution in [0.15, 0.2) is 18.2 Å². The summed E-state index contributed by atoms with van der Waals surface area (Å²) < 4.78 is 0. The van der Waals surface area contributed by atoms with E-state index in [1.807, 2.05) is 25.1 Å². The Morgan fingerprint density at radius 3 is 2.95 bits per heavy atom. The van der Waals surface area contributed by atoms with Gasteiger partial charge in [-0.1, -0.05) is 25.1 Å². The number of piperidine rings is 1. The summed E-state index contributed by atoms with van der Waals surface area (Å²) in [6, 6.07) is 6.01. The molecule has 1 unspecified atom stereocenters. The number of hydrogen-bond donors (Lipinski definition) is 2. The minimum atomic E-state index is -0.210. The highest BCUT2D eigenvalue weighted by Gasteiger charge is 2.26. The third-order valence-corrected chi connectivity index (χ3v) is 3.61. The third kappa shape index (κ3) is 3.13. The van der Waals surface area contributed by atoms with Crippen LogP contribution in [-0.2, 0) is 16.0 Å². The Hall–Kier alpha value is -1.84. The zero-order chi connectivity index (χ0) is 13.8. The first-order valence-corrected chi connectivity index (χ1v) is 6.78. The van der Waals surface area contributed by atoms with Crippen molar-refractivity contribution < 1.29 is 9.59 Å². The number of aryl methyl sites for hydroxylation is 2. The van der Waals surface area contributed by atoms with Crippen molar-refractivity contribution in [2.24, 2.45) is 5.92 Å². The SMILES string of the molecule is CCc1cccc(C)c1NC(=O)C1CCNC(=O)C1. The number of amides is 2. The van der Waals surface area contributed by atoms with Gasteiger partial charge in [-0.3, -0.25) is 9.59 Å². The highest BCUT2D eigenvalue weighted by atomic mass is 16.2. The molecule has 0 radical (unpaired) electrons. The van der Waals surface area contributed by atoms with Gasteiger partial charge in [0.15, 0.2) is 0 Å². The van der Waals surface area contributed by atoms with Gasteiger partial charge in [0.1, 0.15) is 0 Å². The number of anilines is 1. The summed E-state index contributed by atoms with van der Waals surface area (Å²) in [5.74, 6) is -0.288. The van der Waals surface area contributed by atoms with Crippen LogP contribution in [0.1, 0.15) is 30.9 Å². The minimum Gasteiger partial charge on any atom is -0.356 e. The van der Waals surface area contributed by atoms with Gasteiger partial charge in [0, 0.05) is 24.6 Å². The molecule has 1 heterocycles. The molecule has 0 spiro atoms. The normalized spacial score (nSPS) is 18.8. The predicted molar refractivity (Wildman–Crippen MR) is 74.9 cm³/mol. The standard InChI is InChI=1S/C15H20N2O2/c1-3-11-6-4-5-10(2)14(11)17-15(19)12-7-8-16-13(18)9-12/h4-6,12H,3,7-9H2,1-2H3,(H,16,18)(H,17,19). The Balaban J connectivity index is 2.12. The van der Waals surface area contributed by atoms with Gasteiger partial charge in [-0.05, 0) is 30.9 Å². The molecule has 19 heavy (non-hydrogen) atoms. The van der Waals surface area contributed by atoms with E-state index in [0.717, 1.165) is 23.2 Å². The van der Waals surface area contributed by atoms with Gasteiger partial charge >= 0.3 is 0 Å². The van der Waals surface area contributed by atoms with E-state index in [4.69, 9.17) is 0 Å². The monoisotopic (exact) mass is 260 g/mol. The van der Waals surface area contributed by atoms with E-state index in [9.17, 15) is 9.59 Å². The first-order chi connectivity index (χ1) is 9.11. The van der Waals surface area contributed by atoms with Crippen molar-refractivity contribution in [1.82, 2.24) is 5.32 Å². The molecule has 1 fully saturated rings. The summed E-state index contributed by atoms with van der Waals surface area (Å²) in [6.45, 7) is 4.65. The summed E-state index contributed by atoms with van der Waals surface area (Å²) in [5, 5.41) is 5.75. The van der Waals surface area contributed by atoms with Crippen LogP contribution in [0.25, 0.3) is 0 Å². The average molecular weight is 260 g/mol. The highest BCUT2D eigenvalue weighted by Crippen LogP contribution is 2.23. The van der Waals surface area contributed by atoms with Gasteiger partial charge in [0.05, 0.1) is 0 Å². The van der Waals surface area contributed by atoms with E-state index in [0.29, 0.717) is 19.4 Å². The number of carbonyl (C=O) groups is 2. The van der Waals surface area contributed by atoms with Crippen LogP contribution >= 0.6 is 0 Å². The number of rotatable bonds is 3. The molecular formula is C15H20N2O2. The molecule has 1 aromatic carbocycles. The Morgan fingerprint density at radius 1 is 1.47 bits per heavy atom. The van der Waals surface area contributed by atoms with E-state index in [1.165, 1.54) is 0 Å². The maximum absolute atomic E-state index is 12.2. The van der Waals surface area contributed by atoms with Crippen LogP contribution in [0.3, 0.4) is 0 Å². The summed E-state index contributed by atoms with van der Waals surface area (Å²) >= 11 is 0. The summed E-state index contributed by atoms with van der Waals surface area (Å²) in [6.07, 6.45) is 1.88. The lowest BCUT2D eigenvalue weighted by atomic mass is 9.96. The molecule has 0 bridgehead atoms. The molecule has 102 valence electrons. The second-order valence-electron chi connectivity index (χ2n) is 4.99. The molecular weight excluding hydrogens is 240 g/mol. The maximum Gasteiger partial charge on any atom is 0.228 e. The van der Waals surface area contributed by atoms with Crippen molar-refractivity contribution in [2.45, 2.75) is 33.1 Å². The van der Waals surface area contributed by atoms with Crippen LogP contribution in [0.4, 0.5) is 5.69 Å². The largest absolute Gasteiger partial charge is 0.356 e. The third-order valence-electron chi connectivity index (χ3n) is 3.61. The van der Waals surface area contributed by atoms with Crippen LogP contribution in [-0.4, -0.2) is 18.4 Å². The minimum absolute atomic E-state index is 0.0353. The van der Waals surface area contributed by atoms with Crippen LogP contribution in [0, 0.1) is 12.8 Å². The van der Waals surface area contributed by atoms with Crippen molar-refractivity contribution >= 4 is 17.5 Å². The van der Waals surface area contributed by atoms with Crippen molar-refractivity contribution in [3.63, 3.8) is 0 Å².